The molecule has 5 heteroatoms. The van der Waals surface area contributed by atoms with Crippen LogP contribution >= 0.6 is 0 Å². The number of hydrazine groups is 1. The van der Waals surface area contributed by atoms with Crippen molar-refractivity contribution in [3.63, 3.8) is 0 Å². The van der Waals surface area contributed by atoms with E-state index in [2.05, 4.69) is 5.43 Å². The molecule has 1 saturated heterocycles. The summed E-state index contributed by atoms with van der Waals surface area (Å²) < 4.78 is 0. The van der Waals surface area contributed by atoms with Crippen LogP contribution in [-0.2, 0) is 9.59 Å². The van der Waals surface area contributed by atoms with Crippen LogP contribution in [0.15, 0.2) is 42.5 Å². The molecule has 2 aliphatic carbocycles. The molecular formula is C16H14N2O3. The van der Waals surface area contributed by atoms with Gasteiger partial charge in [-0.1, -0.05) is 30.4 Å². The Bertz CT molecular complexity index is 637. The second-order valence-corrected chi connectivity index (χ2v) is 5.82. The Balaban J connectivity index is 1.56. The van der Waals surface area contributed by atoms with Gasteiger partial charge in [-0.2, -0.15) is 5.01 Å². The fourth-order valence-electron chi connectivity index (χ4n) is 3.77. The molecule has 1 aromatic rings. The van der Waals surface area contributed by atoms with Crippen LogP contribution < -0.4 is 5.43 Å². The lowest BCUT2D eigenvalue weighted by atomic mass is 9.85. The lowest BCUT2D eigenvalue weighted by Crippen LogP contribution is -2.47. The van der Waals surface area contributed by atoms with Crippen molar-refractivity contribution in [2.45, 2.75) is 6.42 Å². The van der Waals surface area contributed by atoms with Crippen LogP contribution in [-0.4, -0.2) is 22.7 Å². The Morgan fingerprint density at radius 2 is 1.57 bits per heavy atom. The summed E-state index contributed by atoms with van der Waals surface area (Å²) in [5.74, 6) is -1.26. The number of amides is 3. The second-order valence-electron chi connectivity index (χ2n) is 5.82. The summed E-state index contributed by atoms with van der Waals surface area (Å²) in [4.78, 5) is 36.9. The highest BCUT2D eigenvalue weighted by Gasteiger charge is 2.59. The monoisotopic (exact) mass is 282 g/mol. The number of fused-ring (bicyclic) bond motifs is 5. The number of carbonyl (C=O) groups is 3. The minimum absolute atomic E-state index is 0.148. The van der Waals surface area contributed by atoms with Crippen molar-refractivity contribution < 1.29 is 14.4 Å². The molecule has 0 aromatic heterocycles. The normalized spacial score (nSPS) is 32.7. The first-order chi connectivity index (χ1) is 10.2. The fourth-order valence-corrected chi connectivity index (χ4v) is 3.77. The first-order valence-corrected chi connectivity index (χ1v) is 7.09. The zero-order chi connectivity index (χ0) is 14.6. The van der Waals surface area contributed by atoms with Crippen molar-refractivity contribution in [1.82, 2.24) is 10.4 Å². The lowest BCUT2D eigenvalue weighted by Gasteiger charge is -2.17. The minimum atomic E-state index is -0.433. The molecular weight excluding hydrogens is 268 g/mol. The first-order valence-electron chi connectivity index (χ1n) is 7.09. The number of hydrogen-bond donors (Lipinski definition) is 1. The summed E-state index contributed by atoms with van der Waals surface area (Å²) in [5.41, 5.74) is 2.89. The van der Waals surface area contributed by atoms with E-state index in [1.54, 1.807) is 30.3 Å². The van der Waals surface area contributed by atoms with E-state index in [1.165, 1.54) is 0 Å². The van der Waals surface area contributed by atoms with Crippen molar-refractivity contribution in [2.24, 2.45) is 23.7 Å². The molecule has 21 heavy (non-hydrogen) atoms. The van der Waals surface area contributed by atoms with Gasteiger partial charge in [-0.05, 0) is 30.4 Å². The number of rotatable bonds is 2. The van der Waals surface area contributed by atoms with Gasteiger partial charge in [0.25, 0.3) is 17.7 Å². The molecule has 4 rings (SSSR count). The van der Waals surface area contributed by atoms with E-state index in [0.717, 1.165) is 11.4 Å². The van der Waals surface area contributed by atoms with Gasteiger partial charge in [0.1, 0.15) is 0 Å². The summed E-state index contributed by atoms with van der Waals surface area (Å²) >= 11 is 0. The Kier molecular flexibility index (Phi) is 2.51. The van der Waals surface area contributed by atoms with Gasteiger partial charge in [0.15, 0.2) is 0 Å². The van der Waals surface area contributed by atoms with Gasteiger partial charge in [0.05, 0.1) is 11.8 Å². The standard InChI is InChI=1S/C16H14N2O3/c19-14(9-4-2-1-3-5-9)17-18-15(20)12-10-6-7-11(8-10)13(12)16(18)21/h1-7,10-13H,8H2,(H,17,19)/t10-,11+,12-,13-/m0/s1. The SMILES string of the molecule is O=C(NN1C(=O)[C@@H]2[C@@H](C1=O)[C@H]1C=C[C@@H]2C1)c1ccccc1. The van der Waals surface area contributed by atoms with Gasteiger partial charge < -0.3 is 0 Å². The molecule has 1 aromatic carbocycles. The predicted octanol–water partition coefficient (Wildman–Crippen LogP) is 1.14. The van der Waals surface area contributed by atoms with Crippen molar-refractivity contribution in [3.8, 4) is 0 Å². The smallest absolute Gasteiger partial charge is 0.270 e. The van der Waals surface area contributed by atoms with E-state index in [0.29, 0.717) is 5.56 Å². The molecule has 2 bridgehead atoms. The Morgan fingerprint density at radius 1 is 1.00 bits per heavy atom. The van der Waals surface area contributed by atoms with Gasteiger partial charge in [0.2, 0.25) is 0 Å². The molecule has 0 unspecified atom stereocenters. The number of nitrogens with one attached hydrogen (secondary N) is 1. The van der Waals surface area contributed by atoms with Crippen LogP contribution in [0.1, 0.15) is 16.8 Å². The van der Waals surface area contributed by atoms with Gasteiger partial charge >= 0.3 is 0 Å². The maximum Gasteiger partial charge on any atom is 0.270 e. The molecule has 3 aliphatic rings. The number of imide groups is 1. The third-order valence-corrected chi connectivity index (χ3v) is 4.72. The average Bonchev–Trinajstić information content (AvgIpc) is 3.18. The highest BCUT2D eigenvalue weighted by atomic mass is 16.2. The summed E-state index contributed by atoms with van der Waals surface area (Å²) in [6.07, 6.45) is 4.94. The molecule has 1 heterocycles. The third kappa shape index (κ3) is 1.67. The molecule has 1 N–H and O–H groups in total. The molecule has 0 radical (unpaired) electrons. The second kappa shape index (κ2) is 4.28. The van der Waals surface area contributed by atoms with E-state index in [9.17, 15) is 14.4 Å². The van der Waals surface area contributed by atoms with E-state index < -0.39 is 5.91 Å². The molecule has 5 nitrogen and oxygen atoms in total. The zero-order valence-electron chi connectivity index (χ0n) is 11.2. The Labute approximate surface area is 121 Å². The van der Waals surface area contributed by atoms with Crippen molar-refractivity contribution in [3.05, 3.63) is 48.0 Å². The summed E-state index contributed by atoms with van der Waals surface area (Å²) in [6, 6.07) is 8.57. The highest BCUT2D eigenvalue weighted by molar-refractivity contribution is 6.08. The van der Waals surface area contributed by atoms with Gasteiger partial charge in [0, 0.05) is 5.56 Å². The minimum Gasteiger partial charge on any atom is -0.272 e. The number of hydrogen-bond acceptors (Lipinski definition) is 3. The van der Waals surface area contributed by atoms with E-state index in [1.807, 2.05) is 12.2 Å². The Morgan fingerprint density at radius 3 is 2.14 bits per heavy atom. The molecule has 2 fully saturated rings. The maximum atomic E-state index is 12.4. The predicted molar refractivity (Wildman–Crippen MR) is 73.5 cm³/mol. The molecule has 1 aliphatic heterocycles. The summed E-state index contributed by atoms with van der Waals surface area (Å²) in [5, 5.41) is 0.927. The molecule has 3 amide bonds. The van der Waals surface area contributed by atoms with Crippen LogP contribution in [0.4, 0.5) is 0 Å². The molecule has 0 spiro atoms. The van der Waals surface area contributed by atoms with Crippen molar-refractivity contribution in [1.29, 1.82) is 0 Å². The van der Waals surface area contributed by atoms with Crippen LogP contribution in [0, 0.1) is 23.7 Å². The van der Waals surface area contributed by atoms with Gasteiger partial charge in [-0.15, -0.1) is 0 Å². The average molecular weight is 282 g/mol. The number of carbonyl (C=O) groups excluding carboxylic acids is 3. The van der Waals surface area contributed by atoms with Gasteiger partial charge in [-0.25, -0.2) is 0 Å². The van der Waals surface area contributed by atoms with E-state index >= 15 is 0 Å². The Hall–Kier alpha value is -2.43. The summed E-state index contributed by atoms with van der Waals surface area (Å²) in [6.45, 7) is 0. The maximum absolute atomic E-state index is 12.4. The molecule has 106 valence electrons. The number of benzene rings is 1. The number of allylic oxidation sites excluding steroid dienone is 2. The van der Waals surface area contributed by atoms with Crippen LogP contribution in [0.25, 0.3) is 0 Å². The van der Waals surface area contributed by atoms with E-state index in [4.69, 9.17) is 0 Å². The van der Waals surface area contributed by atoms with Gasteiger partial charge in [-0.3, -0.25) is 19.8 Å². The topological polar surface area (TPSA) is 66.5 Å². The highest BCUT2D eigenvalue weighted by Crippen LogP contribution is 2.52. The number of nitrogens with zero attached hydrogens (tertiary/aromatic N) is 1. The zero-order valence-corrected chi connectivity index (χ0v) is 11.2. The van der Waals surface area contributed by atoms with Crippen LogP contribution in [0.5, 0.6) is 0 Å². The largest absolute Gasteiger partial charge is 0.272 e. The van der Waals surface area contributed by atoms with Crippen molar-refractivity contribution in [2.75, 3.05) is 0 Å². The molecule has 4 atom stereocenters. The molecule has 1 saturated carbocycles. The van der Waals surface area contributed by atoms with Crippen molar-refractivity contribution >= 4 is 17.7 Å². The first kappa shape index (κ1) is 12.3. The quantitative estimate of drug-likeness (QED) is 0.653. The third-order valence-electron chi connectivity index (χ3n) is 4.72. The van der Waals surface area contributed by atoms with E-state index in [-0.39, 0.29) is 35.5 Å². The lowest BCUT2D eigenvalue weighted by molar-refractivity contribution is -0.143. The van der Waals surface area contributed by atoms with Crippen LogP contribution in [0.2, 0.25) is 0 Å². The fraction of sp³-hybridized carbons (Fsp3) is 0.312. The summed E-state index contributed by atoms with van der Waals surface area (Å²) in [7, 11) is 0. The van der Waals surface area contributed by atoms with Crippen LogP contribution in [0.3, 0.4) is 0 Å².